The molecule has 7 nitrogen and oxygen atoms in total. The van der Waals surface area contributed by atoms with Crippen LogP contribution in [0.3, 0.4) is 0 Å². The number of ether oxygens (including phenoxy) is 3. The maximum atomic E-state index is 11.6. The van der Waals surface area contributed by atoms with Gasteiger partial charge in [0.15, 0.2) is 0 Å². The van der Waals surface area contributed by atoms with Crippen LogP contribution in [0.5, 0.6) is 0 Å². The zero-order valence-electron chi connectivity index (χ0n) is 12.3. The zero-order chi connectivity index (χ0) is 16.3. The van der Waals surface area contributed by atoms with Crippen LogP contribution < -0.4 is 5.32 Å². The third-order valence-corrected chi connectivity index (χ3v) is 2.63. The smallest absolute Gasteiger partial charge is 0.407 e. The Morgan fingerprint density at radius 3 is 1.81 bits per heavy atom. The normalized spacial score (nSPS) is 10.2. The lowest BCUT2D eigenvalue weighted by atomic mass is 9.98. The summed E-state index contributed by atoms with van der Waals surface area (Å²) in [7, 11) is 0. The van der Waals surface area contributed by atoms with E-state index in [0.29, 0.717) is 6.42 Å². The summed E-state index contributed by atoms with van der Waals surface area (Å²) < 4.78 is 14.7. The Kier molecular flexibility index (Phi) is 8.52. The molecule has 0 aromatic rings. The minimum atomic E-state index is -1.08. The fraction of sp³-hybridized carbons (Fsp3) is 0.500. The highest BCUT2D eigenvalue weighted by molar-refractivity contribution is 5.82. The van der Waals surface area contributed by atoms with Gasteiger partial charge in [-0.2, -0.15) is 0 Å². The first-order valence-corrected chi connectivity index (χ1v) is 6.46. The minimum absolute atomic E-state index is 0.183. The van der Waals surface area contributed by atoms with E-state index in [1.54, 1.807) is 13.8 Å². The maximum Gasteiger partial charge on any atom is 0.407 e. The first-order chi connectivity index (χ1) is 9.92. The van der Waals surface area contributed by atoms with Gasteiger partial charge in [-0.05, 0) is 13.3 Å². The highest BCUT2D eigenvalue weighted by Crippen LogP contribution is 2.13. The topological polar surface area (TPSA) is 90.9 Å². The molecule has 0 bridgehead atoms. The van der Waals surface area contributed by atoms with E-state index in [0.717, 1.165) is 12.2 Å². The summed E-state index contributed by atoms with van der Waals surface area (Å²) in [6.07, 6.45) is 1.66. The van der Waals surface area contributed by atoms with Gasteiger partial charge >= 0.3 is 18.0 Å². The van der Waals surface area contributed by atoms with Crippen LogP contribution in [0.1, 0.15) is 20.3 Å². The third kappa shape index (κ3) is 7.14. The van der Waals surface area contributed by atoms with Crippen molar-refractivity contribution in [3.8, 4) is 0 Å². The van der Waals surface area contributed by atoms with Crippen molar-refractivity contribution in [1.29, 1.82) is 0 Å². The maximum absolute atomic E-state index is 11.6. The molecular formula is C14H21NO6. The molecule has 0 fully saturated rings. The number of hydrogen-bond donors (Lipinski definition) is 1. The van der Waals surface area contributed by atoms with E-state index in [1.165, 1.54) is 0 Å². The average Bonchev–Trinajstić information content (AvgIpc) is 2.49. The molecule has 21 heavy (non-hydrogen) atoms. The van der Waals surface area contributed by atoms with Gasteiger partial charge in [0.1, 0.15) is 18.8 Å². The van der Waals surface area contributed by atoms with Gasteiger partial charge in [-0.25, -0.2) is 14.4 Å². The van der Waals surface area contributed by atoms with Gasteiger partial charge in [-0.15, -0.1) is 0 Å². The molecule has 0 rings (SSSR count). The molecule has 118 valence electrons. The fourth-order valence-electron chi connectivity index (χ4n) is 1.33. The largest absolute Gasteiger partial charge is 0.460 e. The SMILES string of the molecule is C=CC(=O)OCC(CC)(COC(=O)C=C)NC(=O)OCC. The van der Waals surface area contributed by atoms with Crippen LogP contribution in [0.4, 0.5) is 4.79 Å². The zero-order valence-corrected chi connectivity index (χ0v) is 12.3. The van der Waals surface area contributed by atoms with Gasteiger partial charge in [0.05, 0.1) is 6.61 Å². The first-order valence-electron chi connectivity index (χ1n) is 6.46. The molecule has 0 aliphatic carbocycles. The van der Waals surface area contributed by atoms with Crippen LogP contribution in [0.2, 0.25) is 0 Å². The van der Waals surface area contributed by atoms with E-state index in [9.17, 15) is 14.4 Å². The third-order valence-electron chi connectivity index (χ3n) is 2.63. The van der Waals surface area contributed by atoms with Crippen molar-refractivity contribution in [1.82, 2.24) is 5.32 Å². The van der Waals surface area contributed by atoms with Gasteiger partial charge in [0.25, 0.3) is 0 Å². The van der Waals surface area contributed by atoms with Crippen LogP contribution in [0.15, 0.2) is 25.3 Å². The van der Waals surface area contributed by atoms with E-state index < -0.39 is 23.6 Å². The number of nitrogens with one attached hydrogen (secondary N) is 1. The Morgan fingerprint density at radius 2 is 1.48 bits per heavy atom. The lowest BCUT2D eigenvalue weighted by Crippen LogP contribution is -2.55. The number of rotatable bonds is 9. The molecule has 0 aromatic heterocycles. The molecule has 0 saturated carbocycles. The van der Waals surface area contributed by atoms with Crippen molar-refractivity contribution < 1.29 is 28.6 Å². The van der Waals surface area contributed by atoms with E-state index in [-0.39, 0.29) is 19.8 Å². The molecular weight excluding hydrogens is 278 g/mol. The second-order valence-corrected chi connectivity index (χ2v) is 4.10. The molecule has 0 aromatic carbocycles. The molecule has 0 radical (unpaired) electrons. The number of esters is 2. The molecule has 7 heteroatoms. The Labute approximate surface area is 123 Å². The summed E-state index contributed by atoms with van der Waals surface area (Å²) in [5.41, 5.74) is -1.08. The summed E-state index contributed by atoms with van der Waals surface area (Å²) in [6.45, 7) is 9.78. The minimum Gasteiger partial charge on any atom is -0.460 e. The second-order valence-electron chi connectivity index (χ2n) is 4.10. The Bertz CT molecular complexity index is 380. The highest BCUT2D eigenvalue weighted by atomic mass is 16.6. The predicted molar refractivity (Wildman–Crippen MR) is 75.5 cm³/mol. The van der Waals surface area contributed by atoms with Crippen molar-refractivity contribution in [2.24, 2.45) is 0 Å². The lowest BCUT2D eigenvalue weighted by molar-refractivity contribution is -0.145. The van der Waals surface area contributed by atoms with E-state index in [4.69, 9.17) is 14.2 Å². The second kappa shape index (κ2) is 9.57. The number of hydrogen-bond acceptors (Lipinski definition) is 6. The summed E-state index contributed by atoms with van der Waals surface area (Å²) in [5, 5.41) is 2.56. The van der Waals surface area contributed by atoms with Crippen molar-refractivity contribution in [2.45, 2.75) is 25.8 Å². The number of amides is 1. The standard InChI is InChI=1S/C14H21NO6/c1-5-11(16)20-9-14(7-3,10-21-12(17)6-2)15-13(18)19-8-4/h5-6H,1-2,7-10H2,3-4H3,(H,15,18). The van der Waals surface area contributed by atoms with Gasteiger partial charge in [-0.1, -0.05) is 20.1 Å². The molecule has 0 aliphatic heterocycles. The van der Waals surface area contributed by atoms with Crippen molar-refractivity contribution in [3.63, 3.8) is 0 Å². The predicted octanol–water partition coefficient (Wildman–Crippen LogP) is 1.34. The first kappa shape index (κ1) is 18.7. The Balaban J connectivity index is 4.92. The van der Waals surface area contributed by atoms with Crippen LogP contribution in [-0.4, -0.2) is 43.4 Å². The summed E-state index contributed by atoms with van der Waals surface area (Å²) >= 11 is 0. The van der Waals surface area contributed by atoms with E-state index >= 15 is 0 Å². The van der Waals surface area contributed by atoms with Gasteiger partial charge in [-0.3, -0.25) is 0 Å². The number of carbonyl (C=O) groups is 3. The molecule has 1 amide bonds. The van der Waals surface area contributed by atoms with Crippen molar-refractivity contribution in [3.05, 3.63) is 25.3 Å². The van der Waals surface area contributed by atoms with E-state index in [2.05, 4.69) is 18.5 Å². The van der Waals surface area contributed by atoms with Crippen molar-refractivity contribution in [2.75, 3.05) is 19.8 Å². The summed E-state index contributed by atoms with van der Waals surface area (Å²) in [4.78, 5) is 33.9. The van der Waals surface area contributed by atoms with Crippen LogP contribution in [0, 0.1) is 0 Å². The quantitative estimate of drug-likeness (QED) is 0.392. The average molecular weight is 299 g/mol. The van der Waals surface area contributed by atoms with E-state index in [1.807, 2.05) is 0 Å². The summed E-state index contributed by atoms with van der Waals surface area (Å²) in [6, 6.07) is 0. The number of alkyl carbamates (subject to hydrolysis) is 1. The van der Waals surface area contributed by atoms with Crippen LogP contribution >= 0.6 is 0 Å². The molecule has 0 atom stereocenters. The van der Waals surface area contributed by atoms with Crippen molar-refractivity contribution >= 4 is 18.0 Å². The van der Waals surface area contributed by atoms with Crippen LogP contribution in [0.25, 0.3) is 0 Å². The molecule has 0 unspecified atom stereocenters. The highest BCUT2D eigenvalue weighted by Gasteiger charge is 2.34. The molecule has 0 aliphatic rings. The molecule has 1 N–H and O–H groups in total. The fourth-order valence-corrected chi connectivity index (χ4v) is 1.33. The van der Waals surface area contributed by atoms with Gasteiger partial charge in [0.2, 0.25) is 0 Å². The van der Waals surface area contributed by atoms with Gasteiger partial charge < -0.3 is 19.5 Å². The Hall–Kier alpha value is -2.31. The molecule has 0 saturated heterocycles. The summed E-state index contributed by atoms with van der Waals surface area (Å²) in [5.74, 6) is -1.29. The lowest BCUT2D eigenvalue weighted by Gasteiger charge is -2.31. The van der Waals surface area contributed by atoms with Gasteiger partial charge in [0, 0.05) is 12.2 Å². The monoisotopic (exact) mass is 299 g/mol. The molecule has 0 heterocycles. The van der Waals surface area contributed by atoms with Crippen LogP contribution in [-0.2, 0) is 23.8 Å². The number of carbonyl (C=O) groups excluding carboxylic acids is 3. The Morgan fingerprint density at radius 1 is 1.00 bits per heavy atom. The molecule has 0 spiro atoms.